The van der Waals surface area contributed by atoms with E-state index in [1.54, 1.807) is 17.9 Å². The van der Waals surface area contributed by atoms with Gasteiger partial charge in [-0.2, -0.15) is 0 Å². The summed E-state index contributed by atoms with van der Waals surface area (Å²) in [5, 5.41) is 14.2. The van der Waals surface area contributed by atoms with Crippen molar-refractivity contribution in [1.29, 1.82) is 0 Å². The number of nitrogens with one attached hydrogen (secondary N) is 1. The third-order valence-corrected chi connectivity index (χ3v) is 6.39. The highest BCUT2D eigenvalue weighted by Crippen LogP contribution is 2.29. The third-order valence-electron chi connectivity index (χ3n) is 6.39. The number of methoxy groups -OCH3 is 1. The highest BCUT2D eigenvalue weighted by Gasteiger charge is 2.27. The van der Waals surface area contributed by atoms with Crippen LogP contribution in [0.5, 0.6) is 17.2 Å². The van der Waals surface area contributed by atoms with Crippen molar-refractivity contribution >= 4 is 35.8 Å². The van der Waals surface area contributed by atoms with Gasteiger partial charge in [0.15, 0.2) is 11.5 Å². The van der Waals surface area contributed by atoms with Crippen LogP contribution in [0.25, 0.3) is 11.0 Å². The number of rotatable bonds is 7. The van der Waals surface area contributed by atoms with Crippen LogP contribution >= 0.6 is 24.8 Å². The number of likely N-dealkylation sites (tertiary alicyclic amines) is 1. The van der Waals surface area contributed by atoms with E-state index in [1.165, 1.54) is 6.20 Å². The van der Waals surface area contributed by atoms with E-state index >= 15 is 0 Å². The van der Waals surface area contributed by atoms with Crippen LogP contribution in [0.4, 0.5) is 0 Å². The molecular weight excluding hydrogens is 509 g/mol. The number of aliphatic hydroxyl groups is 1. The average Bonchev–Trinajstić information content (AvgIpc) is 2.87. The van der Waals surface area contributed by atoms with Crippen LogP contribution in [0.1, 0.15) is 12.1 Å². The molecule has 0 radical (unpaired) electrons. The zero-order valence-corrected chi connectivity index (χ0v) is 21.6. The van der Waals surface area contributed by atoms with E-state index in [2.05, 4.69) is 20.2 Å². The minimum Gasteiger partial charge on any atom is -0.497 e. The van der Waals surface area contributed by atoms with Gasteiger partial charge in [-0.3, -0.25) is 14.7 Å². The van der Waals surface area contributed by atoms with E-state index in [9.17, 15) is 9.90 Å². The molecule has 2 N–H and O–H groups in total. The van der Waals surface area contributed by atoms with Crippen molar-refractivity contribution in [2.24, 2.45) is 0 Å². The number of benzene rings is 1. The molecule has 12 heteroatoms. The van der Waals surface area contributed by atoms with E-state index in [0.717, 1.165) is 29.7 Å². The minimum atomic E-state index is -0.517. The van der Waals surface area contributed by atoms with Gasteiger partial charge in [-0.05, 0) is 25.1 Å². The number of nitrogens with zero attached hydrogens (tertiary/aromatic N) is 4. The van der Waals surface area contributed by atoms with E-state index < -0.39 is 6.10 Å². The summed E-state index contributed by atoms with van der Waals surface area (Å²) < 4.78 is 18.2. The molecule has 4 heterocycles. The summed E-state index contributed by atoms with van der Waals surface area (Å²) in [6.07, 6.45) is 3.32. The van der Waals surface area contributed by atoms with Crippen LogP contribution < -0.4 is 25.1 Å². The van der Waals surface area contributed by atoms with Crippen LogP contribution in [0, 0.1) is 0 Å². The second-order valence-electron chi connectivity index (χ2n) is 8.57. The number of aliphatic hydroxyl groups excluding tert-OH is 1. The lowest BCUT2D eigenvalue weighted by Crippen LogP contribution is -2.53. The Morgan fingerprint density at radius 1 is 1.11 bits per heavy atom. The summed E-state index contributed by atoms with van der Waals surface area (Å²) >= 11 is 0. The molecule has 0 amide bonds. The standard InChI is InChI=1S/C24H29N5O5.2ClH/c1-32-17-2-3-18-20(11-17)29(24(31)14-27-18)7-6-28-5-4-19(21(30)15-28)26-12-16-10-22-23(13-25-16)34-9-8-33-22;;/h2-3,10-11,13-14,19,21,26,30H,4-9,12,15H2,1H3;2*1H/t19-,21-;;/m0../s1. The molecule has 0 bridgehead atoms. The Kier molecular flexibility index (Phi) is 9.75. The molecule has 2 atom stereocenters. The molecule has 0 spiro atoms. The first kappa shape index (κ1) is 27.9. The predicted molar refractivity (Wildman–Crippen MR) is 140 cm³/mol. The fraction of sp³-hybridized carbons (Fsp3) is 0.458. The first-order chi connectivity index (χ1) is 16.6. The summed E-state index contributed by atoms with van der Waals surface area (Å²) in [4.78, 5) is 23.3. The highest BCUT2D eigenvalue weighted by molar-refractivity contribution is 5.85. The molecule has 1 aromatic carbocycles. The largest absolute Gasteiger partial charge is 0.497 e. The van der Waals surface area contributed by atoms with Crippen LogP contribution in [0.3, 0.4) is 0 Å². The summed E-state index contributed by atoms with van der Waals surface area (Å²) in [7, 11) is 1.60. The fourth-order valence-electron chi connectivity index (χ4n) is 4.50. The number of hydrogen-bond donors (Lipinski definition) is 2. The zero-order valence-electron chi connectivity index (χ0n) is 20.0. The normalized spacial score (nSPS) is 19.3. The predicted octanol–water partition coefficient (Wildman–Crippen LogP) is 1.64. The molecule has 2 aliphatic heterocycles. The molecule has 0 saturated carbocycles. The van der Waals surface area contributed by atoms with Crippen molar-refractivity contribution in [3.05, 3.63) is 52.7 Å². The van der Waals surface area contributed by atoms with Crippen molar-refractivity contribution in [2.75, 3.05) is 40.0 Å². The first-order valence-corrected chi connectivity index (χ1v) is 11.5. The minimum absolute atomic E-state index is 0. The molecule has 0 unspecified atom stereocenters. The van der Waals surface area contributed by atoms with E-state index in [4.69, 9.17) is 14.2 Å². The Morgan fingerprint density at radius 2 is 1.92 bits per heavy atom. The number of hydrogen-bond acceptors (Lipinski definition) is 9. The Balaban J connectivity index is 0.00000180. The van der Waals surface area contributed by atoms with Crippen LogP contribution in [-0.4, -0.2) is 76.6 Å². The van der Waals surface area contributed by atoms with E-state index in [1.807, 2.05) is 24.3 Å². The number of β-amino-alcohol motifs (C(OH)–C–C–N with tert-alkyl or cyclic N) is 1. The summed E-state index contributed by atoms with van der Waals surface area (Å²) in [6, 6.07) is 7.37. The molecule has 10 nitrogen and oxygen atoms in total. The van der Waals surface area contributed by atoms with Crippen molar-refractivity contribution in [3.63, 3.8) is 0 Å². The maximum absolute atomic E-state index is 12.5. The van der Waals surface area contributed by atoms with Crippen molar-refractivity contribution in [2.45, 2.75) is 31.7 Å². The number of piperidine rings is 1. The number of fused-ring (bicyclic) bond motifs is 2. The third kappa shape index (κ3) is 6.19. The van der Waals surface area contributed by atoms with Gasteiger partial charge >= 0.3 is 0 Å². The van der Waals surface area contributed by atoms with Crippen molar-refractivity contribution in [3.8, 4) is 17.2 Å². The van der Waals surface area contributed by atoms with Gasteiger partial charge in [0.25, 0.3) is 5.56 Å². The average molecular weight is 540 g/mol. The van der Waals surface area contributed by atoms with Gasteiger partial charge in [0.1, 0.15) is 19.0 Å². The van der Waals surface area contributed by atoms with Gasteiger partial charge in [-0.1, -0.05) is 0 Å². The number of ether oxygens (including phenoxy) is 3. The molecule has 36 heavy (non-hydrogen) atoms. The van der Waals surface area contributed by atoms with Gasteiger partial charge in [-0.15, -0.1) is 24.8 Å². The second kappa shape index (κ2) is 12.6. The molecule has 5 rings (SSSR count). The highest BCUT2D eigenvalue weighted by atomic mass is 35.5. The van der Waals surface area contributed by atoms with Crippen molar-refractivity contribution in [1.82, 2.24) is 24.8 Å². The van der Waals surface area contributed by atoms with Gasteiger partial charge in [0.05, 0.1) is 42.3 Å². The van der Waals surface area contributed by atoms with Crippen molar-refractivity contribution < 1.29 is 19.3 Å². The molecule has 2 aliphatic rings. The van der Waals surface area contributed by atoms with E-state index in [0.29, 0.717) is 56.6 Å². The van der Waals surface area contributed by atoms with Gasteiger partial charge in [-0.25, -0.2) is 4.98 Å². The first-order valence-electron chi connectivity index (χ1n) is 11.5. The molecule has 196 valence electrons. The smallest absolute Gasteiger partial charge is 0.269 e. The molecule has 3 aromatic rings. The number of pyridine rings is 1. The molecule has 0 aliphatic carbocycles. The molecule has 2 aromatic heterocycles. The Labute approximate surface area is 221 Å². The van der Waals surface area contributed by atoms with E-state index in [-0.39, 0.29) is 36.4 Å². The monoisotopic (exact) mass is 539 g/mol. The topological polar surface area (TPSA) is 111 Å². The molecule has 1 fully saturated rings. The quantitative estimate of drug-likeness (QED) is 0.462. The maximum atomic E-state index is 12.5. The fourth-order valence-corrected chi connectivity index (χ4v) is 4.50. The van der Waals surface area contributed by atoms with Crippen LogP contribution in [-0.2, 0) is 13.1 Å². The lowest BCUT2D eigenvalue weighted by molar-refractivity contribution is 0.0384. The summed E-state index contributed by atoms with van der Waals surface area (Å²) in [5.74, 6) is 2.07. The van der Waals surface area contributed by atoms with Crippen LogP contribution in [0.15, 0.2) is 41.5 Å². The van der Waals surface area contributed by atoms with Gasteiger partial charge in [0, 0.05) is 44.4 Å². The SMILES string of the molecule is COc1ccc2ncc(=O)n(CCN3CC[C@H](NCc4cc5c(cn4)OCCO5)[C@@H](O)C3)c2c1.Cl.Cl. The Morgan fingerprint density at radius 3 is 2.69 bits per heavy atom. The summed E-state index contributed by atoms with van der Waals surface area (Å²) in [6.45, 7) is 4.14. The Hall–Kier alpha value is -2.63. The number of aromatic nitrogens is 3. The molecular formula is C24H31Cl2N5O5. The van der Waals surface area contributed by atoms with Gasteiger partial charge < -0.3 is 29.2 Å². The Bertz CT molecular complexity index is 1230. The maximum Gasteiger partial charge on any atom is 0.269 e. The zero-order chi connectivity index (χ0) is 23.5. The van der Waals surface area contributed by atoms with Gasteiger partial charge in [0.2, 0.25) is 0 Å². The van der Waals surface area contributed by atoms with Crippen LogP contribution in [0.2, 0.25) is 0 Å². The lowest BCUT2D eigenvalue weighted by atomic mass is 10.0. The second-order valence-corrected chi connectivity index (χ2v) is 8.57. The lowest BCUT2D eigenvalue weighted by Gasteiger charge is -2.36. The number of halogens is 2. The molecule has 1 saturated heterocycles. The summed E-state index contributed by atoms with van der Waals surface area (Å²) in [5.41, 5.74) is 2.19.